The van der Waals surface area contributed by atoms with Gasteiger partial charge in [0, 0.05) is 23.6 Å². The SMILES string of the molecule is CSC(C)CN1CCCCC1c1nc(-c2ccc(F)cc2)c[nH]1. The molecule has 1 fully saturated rings. The number of halogens is 1. The number of aromatic amines is 1. The minimum Gasteiger partial charge on any atom is -0.347 e. The molecule has 1 aliphatic rings. The molecule has 2 atom stereocenters. The number of hydrogen-bond acceptors (Lipinski definition) is 3. The minimum absolute atomic E-state index is 0.214. The van der Waals surface area contributed by atoms with Crippen molar-refractivity contribution in [1.82, 2.24) is 14.9 Å². The van der Waals surface area contributed by atoms with Crippen molar-refractivity contribution >= 4 is 11.8 Å². The van der Waals surface area contributed by atoms with E-state index >= 15 is 0 Å². The lowest BCUT2D eigenvalue weighted by molar-refractivity contribution is 0.145. The fraction of sp³-hybridized carbons (Fsp3) is 0.500. The molecule has 0 saturated carbocycles. The number of rotatable bonds is 5. The van der Waals surface area contributed by atoms with E-state index in [-0.39, 0.29) is 5.82 Å². The average Bonchev–Trinajstić information content (AvgIpc) is 3.05. The predicted octanol–water partition coefficient (Wildman–Crippen LogP) is 4.49. The maximum absolute atomic E-state index is 13.1. The Bertz CT molecular complexity index is 625. The first-order valence-electron chi connectivity index (χ1n) is 8.25. The maximum Gasteiger partial charge on any atom is 0.124 e. The van der Waals surface area contributed by atoms with E-state index in [1.165, 1.54) is 25.0 Å². The summed E-state index contributed by atoms with van der Waals surface area (Å²) in [5.41, 5.74) is 1.84. The van der Waals surface area contributed by atoms with Crippen LogP contribution in [-0.2, 0) is 0 Å². The zero-order valence-electron chi connectivity index (χ0n) is 13.8. The van der Waals surface area contributed by atoms with E-state index in [9.17, 15) is 4.39 Å². The summed E-state index contributed by atoms with van der Waals surface area (Å²) >= 11 is 1.91. The lowest BCUT2D eigenvalue weighted by Gasteiger charge is -2.35. The van der Waals surface area contributed by atoms with Crippen molar-refractivity contribution in [1.29, 1.82) is 0 Å². The van der Waals surface area contributed by atoms with E-state index < -0.39 is 0 Å². The van der Waals surface area contributed by atoms with Crippen molar-refractivity contribution in [2.75, 3.05) is 19.3 Å². The molecular formula is C18H24FN3S. The van der Waals surface area contributed by atoms with Crippen molar-refractivity contribution in [3.05, 3.63) is 42.1 Å². The van der Waals surface area contributed by atoms with Crippen LogP contribution in [0.5, 0.6) is 0 Å². The van der Waals surface area contributed by atoms with E-state index in [0.717, 1.165) is 36.6 Å². The molecule has 0 radical (unpaired) electrons. The van der Waals surface area contributed by atoms with Crippen LogP contribution in [0.25, 0.3) is 11.3 Å². The number of imidazole rings is 1. The molecule has 2 aromatic rings. The zero-order valence-corrected chi connectivity index (χ0v) is 14.6. The third-order valence-electron chi connectivity index (χ3n) is 4.56. The number of piperidine rings is 1. The molecule has 2 heterocycles. The predicted molar refractivity (Wildman–Crippen MR) is 95.1 cm³/mol. The van der Waals surface area contributed by atoms with Gasteiger partial charge in [-0.3, -0.25) is 4.90 Å². The molecular weight excluding hydrogens is 309 g/mol. The molecule has 2 unspecified atom stereocenters. The van der Waals surface area contributed by atoms with Gasteiger partial charge in [-0.05, 0) is 49.9 Å². The fourth-order valence-electron chi connectivity index (χ4n) is 3.20. The summed E-state index contributed by atoms with van der Waals surface area (Å²) in [6.07, 6.45) is 7.78. The summed E-state index contributed by atoms with van der Waals surface area (Å²) in [4.78, 5) is 10.7. The number of aromatic nitrogens is 2. The molecule has 23 heavy (non-hydrogen) atoms. The Morgan fingerprint density at radius 3 is 2.87 bits per heavy atom. The quantitative estimate of drug-likeness (QED) is 0.874. The highest BCUT2D eigenvalue weighted by Gasteiger charge is 2.27. The van der Waals surface area contributed by atoms with Gasteiger partial charge in [-0.25, -0.2) is 9.37 Å². The van der Waals surface area contributed by atoms with Crippen LogP contribution in [0.3, 0.4) is 0 Å². The summed E-state index contributed by atoms with van der Waals surface area (Å²) in [6.45, 7) is 4.52. The van der Waals surface area contributed by atoms with Crippen molar-refractivity contribution in [2.24, 2.45) is 0 Å². The first kappa shape index (κ1) is 16.5. The van der Waals surface area contributed by atoms with Crippen molar-refractivity contribution in [3.8, 4) is 11.3 Å². The zero-order chi connectivity index (χ0) is 16.2. The van der Waals surface area contributed by atoms with Gasteiger partial charge in [-0.2, -0.15) is 11.8 Å². The summed E-state index contributed by atoms with van der Waals surface area (Å²) in [5, 5.41) is 0.627. The third-order valence-corrected chi connectivity index (χ3v) is 5.51. The van der Waals surface area contributed by atoms with Gasteiger partial charge in [0.25, 0.3) is 0 Å². The van der Waals surface area contributed by atoms with E-state index in [1.54, 1.807) is 12.1 Å². The van der Waals surface area contributed by atoms with Crippen LogP contribution in [-0.4, -0.2) is 39.5 Å². The van der Waals surface area contributed by atoms with Crippen molar-refractivity contribution < 1.29 is 4.39 Å². The molecule has 1 aromatic carbocycles. The monoisotopic (exact) mass is 333 g/mol. The highest BCUT2D eigenvalue weighted by molar-refractivity contribution is 7.99. The molecule has 0 bridgehead atoms. The van der Waals surface area contributed by atoms with Gasteiger partial charge in [-0.1, -0.05) is 13.3 Å². The van der Waals surface area contributed by atoms with Crippen LogP contribution in [0.15, 0.2) is 30.5 Å². The van der Waals surface area contributed by atoms with E-state index in [1.807, 2.05) is 18.0 Å². The molecule has 0 aliphatic carbocycles. The van der Waals surface area contributed by atoms with Crippen LogP contribution in [0, 0.1) is 5.82 Å². The van der Waals surface area contributed by atoms with Gasteiger partial charge in [0.2, 0.25) is 0 Å². The van der Waals surface area contributed by atoms with E-state index in [0.29, 0.717) is 11.3 Å². The average molecular weight is 333 g/mol. The van der Waals surface area contributed by atoms with Gasteiger partial charge >= 0.3 is 0 Å². The van der Waals surface area contributed by atoms with Crippen LogP contribution in [0.2, 0.25) is 0 Å². The molecule has 1 aliphatic heterocycles. The van der Waals surface area contributed by atoms with Crippen molar-refractivity contribution in [3.63, 3.8) is 0 Å². The molecule has 1 N–H and O–H groups in total. The standard InChI is InChI=1S/C18H24FN3S/c1-13(23-2)12-22-10-4-3-5-17(22)18-20-11-16(21-18)14-6-8-15(19)9-7-14/h6-9,11,13,17H,3-5,10,12H2,1-2H3,(H,20,21). The second-order valence-electron chi connectivity index (χ2n) is 6.23. The smallest absolute Gasteiger partial charge is 0.124 e. The number of hydrogen-bond donors (Lipinski definition) is 1. The van der Waals surface area contributed by atoms with E-state index in [4.69, 9.17) is 4.98 Å². The summed E-state index contributed by atoms with van der Waals surface area (Å²) < 4.78 is 13.1. The number of nitrogens with one attached hydrogen (secondary N) is 1. The Kier molecular flexibility index (Phi) is 5.38. The summed E-state index contributed by atoms with van der Waals surface area (Å²) in [7, 11) is 0. The van der Waals surface area contributed by atoms with Gasteiger partial charge in [-0.15, -0.1) is 0 Å². The second kappa shape index (κ2) is 7.49. The highest BCUT2D eigenvalue weighted by Crippen LogP contribution is 2.31. The fourth-order valence-corrected chi connectivity index (χ4v) is 3.54. The number of H-pyrrole nitrogens is 1. The van der Waals surface area contributed by atoms with Crippen LogP contribution in [0.1, 0.15) is 38.1 Å². The Morgan fingerprint density at radius 2 is 2.13 bits per heavy atom. The third kappa shape index (κ3) is 3.96. The molecule has 3 nitrogen and oxygen atoms in total. The molecule has 5 heteroatoms. The van der Waals surface area contributed by atoms with Gasteiger partial charge in [0.1, 0.15) is 11.6 Å². The minimum atomic E-state index is -0.214. The summed E-state index contributed by atoms with van der Waals surface area (Å²) in [5.74, 6) is 0.825. The van der Waals surface area contributed by atoms with Gasteiger partial charge in [0.15, 0.2) is 0 Å². The highest BCUT2D eigenvalue weighted by atomic mass is 32.2. The van der Waals surface area contributed by atoms with Gasteiger partial charge < -0.3 is 4.98 Å². The Balaban J connectivity index is 1.78. The van der Waals surface area contributed by atoms with Gasteiger partial charge in [0.05, 0.1) is 11.7 Å². The molecule has 1 saturated heterocycles. The van der Waals surface area contributed by atoms with Crippen LogP contribution >= 0.6 is 11.8 Å². The molecule has 0 spiro atoms. The first-order chi connectivity index (χ1) is 11.2. The topological polar surface area (TPSA) is 31.9 Å². The lowest BCUT2D eigenvalue weighted by atomic mass is 10.0. The maximum atomic E-state index is 13.1. The van der Waals surface area contributed by atoms with Crippen molar-refractivity contribution in [2.45, 2.75) is 37.5 Å². The molecule has 1 aromatic heterocycles. The number of benzene rings is 1. The second-order valence-corrected chi connectivity index (χ2v) is 7.51. The van der Waals surface area contributed by atoms with Crippen LogP contribution < -0.4 is 0 Å². The number of thioether (sulfide) groups is 1. The molecule has 124 valence electrons. The number of likely N-dealkylation sites (tertiary alicyclic amines) is 1. The van der Waals surface area contributed by atoms with Crippen LogP contribution in [0.4, 0.5) is 4.39 Å². The first-order valence-corrected chi connectivity index (χ1v) is 9.54. The normalized spacial score (nSPS) is 20.6. The molecule has 3 rings (SSSR count). The summed E-state index contributed by atoms with van der Waals surface area (Å²) in [6, 6.07) is 6.90. The lowest BCUT2D eigenvalue weighted by Crippen LogP contribution is -2.37. The van der Waals surface area contributed by atoms with E-state index in [2.05, 4.69) is 23.1 Å². The Morgan fingerprint density at radius 1 is 1.35 bits per heavy atom. The number of nitrogens with zero attached hydrogens (tertiary/aromatic N) is 2. The Labute approximate surface area is 141 Å². The molecule has 0 amide bonds. The largest absolute Gasteiger partial charge is 0.347 e. The Hall–Kier alpha value is -1.33.